The van der Waals surface area contributed by atoms with Crippen molar-refractivity contribution < 1.29 is 14.6 Å². The van der Waals surface area contributed by atoms with E-state index in [0.717, 1.165) is 45.2 Å². The minimum atomic E-state index is -1.51. The molecule has 2 aliphatic rings. The second-order valence-corrected chi connectivity index (χ2v) is 7.48. The normalized spacial score (nSPS) is 25.3. The summed E-state index contributed by atoms with van der Waals surface area (Å²) in [6.45, 7) is 2.42. The van der Waals surface area contributed by atoms with Crippen molar-refractivity contribution in [2.45, 2.75) is 44.1 Å². The van der Waals surface area contributed by atoms with Crippen LogP contribution in [-0.4, -0.2) is 42.7 Å². The SMILES string of the molecule is CN1CCC(COC(=O)C(O)(c2ccccc2)C2CCCCC2)C1. The number of benzene rings is 1. The smallest absolute Gasteiger partial charge is 0.343 e. The minimum Gasteiger partial charge on any atom is -0.463 e. The average Bonchev–Trinajstić information content (AvgIpc) is 3.05. The highest BCUT2D eigenvalue weighted by Crippen LogP contribution is 2.40. The molecule has 1 saturated carbocycles. The Kier molecular flexibility index (Phi) is 5.57. The van der Waals surface area contributed by atoms with E-state index in [2.05, 4.69) is 11.9 Å². The van der Waals surface area contributed by atoms with Crippen LogP contribution in [0.25, 0.3) is 0 Å². The van der Waals surface area contributed by atoms with Crippen molar-refractivity contribution in [3.63, 3.8) is 0 Å². The molecule has 0 spiro atoms. The third kappa shape index (κ3) is 3.65. The molecule has 4 heteroatoms. The number of carbonyl (C=O) groups excluding carboxylic acids is 1. The average molecular weight is 331 g/mol. The molecule has 1 N–H and O–H groups in total. The molecular weight excluding hydrogens is 302 g/mol. The number of ether oxygens (including phenoxy) is 1. The van der Waals surface area contributed by atoms with Crippen molar-refractivity contribution >= 4 is 5.97 Å². The minimum absolute atomic E-state index is 0.0487. The second-order valence-electron chi connectivity index (χ2n) is 7.48. The number of carbonyl (C=O) groups is 1. The molecule has 0 amide bonds. The third-order valence-electron chi connectivity index (χ3n) is 5.66. The van der Waals surface area contributed by atoms with E-state index in [4.69, 9.17) is 4.74 Å². The molecule has 0 aromatic heterocycles. The first-order chi connectivity index (χ1) is 11.6. The molecule has 0 radical (unpaired) electrons. The number of likely N-dealkylation sites (tertiary alicyclic amines) is 1. The van der Waals surface area contributed by atoms with Gasteiger partial charge in [-0.15, -0.1) is 0 Å². The van der Waals surface area contributed by atoms with E-state index in [9.17, 15) is 9.90 Å². The zero-order valence-corrected chi connectivity index (χ0v) is 14.6. The van der Waals surface area contributed by atoms with E-state index in [1.807, 2.05) is 30.3 Å². The summed E-state index contributed by atoms with van der Waals surface area (Å²) in [6.07, 6.45) is 6.14. The van der Waals surface area contributed by atoms with Crippen LogP contribution in [0, 0.1) is 11.8 Å². The first-order valence-electron chi connectivity index (χ1n) is 9.24. The molecule has 1 aromatic rings. The van der Waals surface area contributed by atoms with Gasteiger partial charge in [-0.2, -0.15) is 0 Å². The molecular formula is C20H29NO3. The molecule has 1 heterocycles. The Balaban J connectivity index is 1.74. The van der Waals surface area contributed by atoms with Gasteiger partial charge in [0.2, 0.25) is 0 Å². The van der Waals surface area contributed by atoms with Gasteiger partial charge in [-0.3, -0.25) is 0 Å². The standard InChI is InChI=1S/C20H29NO3/c1-21-13-12-16(14-21)15-24-19(22)20(23,17-8-4-2-5-9-17)18-10-6-3-7-11-18/h2,4-5,8-9,16,18,23H,3,6-7,10-15H2,1H3. The summed E-state index contributed by atoms with van der Waals surface area (Å²) in [5.74, 6) is -0.132. The Morgan fingerprint density at radius 1 is 1.21 bits per heavy atom. The van der Waals surface area contributed by atoms with Gasteiger partial charge in [0, 0.05) is 18.4 Å². The first kappa shape index (κ1) is 17.4. The maximum Gasteiger partial charge on any atom is 0.343 e. The zero-order valence-electron chi connectivity index (χ0n) is 14.6. The quantitative estimate of drug-likeness (QED) is 0.843. The number of aliphatic hydroxyl groups is 1. The van der Waals surface area contributed by atoms with Gasteiger partial charge in [0.1, 0.15) is 0 Å². The summed E-state index contributed by atoms with van der Waals surface area (Å²) in [4.78, 5) is 15.2. The van der Waals surface area contributed by atoms with Gasteiger partial charge >= 0.3 is 5.97 Å². The lowest BCUT2D eigenvalue weighted by atomic mass is 9.73. The van der Waals surface area contributed by atoms with Crippen molar-refractivity contribution in [1.82, 2.24) is 4.90 Å². The topological polar surface area (TPSA) is 49.8 Å². The van der Waals surface area contributed by atoms with Gasteiger partial charge in [-0.05, 0) is 38.4 Å². The van der Waals surface area contributed by atoms with Crippen LogP contribution in [0.4, 0.5) is 0 Å². The largest absolute Gasteiger partial charge is 0.463 e. The van der Waals surface area contributed by atoms with E-state index < -0.39 is 11.6 Å². The van der Waals surface area contributed by atoms with E-state index in [0.29, 0.717) is 18.1 Å². The number of hydrogen-bond acceptors (Lipinski definition) is 4. The van der Waals surface area contributed by atoms with Gasteiger partial charge in [-0.1, -0.05) is 49.6 Å². The number of rotatable bonds is 5. The highest BCUT2D eigenvalue weighted by atomic mass is 16.5. The molecule has 3 rings (SSSR count). The summed E-state index contributed by atoms with van der Waals surface area (Å²) in [5, 5.41) is 11.4. The Hall–Kier alpha value is -1.39. The van der Waals surface area contributed by atoms with Gasteiger partial charge in [-0.25, -0.2) is 4.79 Å². The Labute approximate surface area is 144 Å². The highest BCUT2D eigenvalue weighted by Gasteiger charge is 2.47. The summed E-state index contributed by atoms with van der Waals surface area (Å²) >= 11 is 0. The molecule has 1 aliphatic carbocycles. The van der Waals surface area contributed by atoms with Crippen LogP contribution in [0.2, 0.25) is 0 Å². The molecule has 1 aliphatic heterocycles. The zero-order chi connectivity index (χ0) is 17.0. The van der Waals surface area contributed by atoms with Gasteiger partial charge in [0.05, 0.1) is 6.61 Å². The number of esters is 1. The summed E-state index contributed by atoms with van der Waals surface area (Å²) in [6, 6.07) is 9.35. The van der Waals surface area contributed by atoms with Gasteiger partial charge < -0.3 is 14.7 Å². The Bertz CT molecular complexity index is 541. The summed E-state index contributed by atoms with van der Waals surface area (Å²) < 4.78 is 5.63. The monoisotopic (exact) mass is 331 g/mol. The molecule has 0 bridgehead atoms. The van der Waals surface area contributed by atoms with Crippen LogP contribution < -0.4 is 0 Å². The maximum absolute atomic E-state index is 12.9. The molecule has 24 heavy (non-hydrogen) atoms. The maximum atomic E-state index is 12.9. The molecule has 4 nitrogen and oxygen atoms in total. The van der Waals surface area contributed by atoms with Crippen molar-refractivity contribution in [2.75, 3.05) is 26.7 Å². The van der Waals surface area contributed by atoms with Crippen LogP contribution in [0.1, 0.15) is 44.1 Å². The van der Waals surface area contributed by atoms with Gasteiger partial charge in [0.25, 0.3) is 0 Å². The van der Waals surface area contributed by atoms with E-state index >= 15 is 0 Å². The lowest BCUT2D eigenvalue weighted by Gasteiger charge is -2.37. The van der Waals surface area contributed by atoms with Crippen LogP contribution in [0.5, 0.6) is 0 Å². The molecule has 2 fully saturated rings. The Morgan fingerprint density at radius 3 is 2.54 bits per heavy atom. The summed E-state index contributed by atoms with van der Waals surface area (Å²) in [5.41, 5.74) is -0.836. The third-order valence-corrected chi connectivity index (χ3v) is 5.66. The molecule has 132 valence electrons. The van der Waals surface area contributed by atoms with Crippen molar-refractivity contribution in [1.29, 1.82) is 0 Å². The number of hydrogen-bond donors (Lipinski definition) is 1. The fourth-order valence-electron chi connectivity index (χ4n) is 4.20. The molecule has 1 saturated heterocycles. The molecule has 2 atom stereocenters. The van der Waals surface area contributed by atoms with Crippen LogP contribution in [0.15, 0.2) is 30.3 Å². The first-order valence-corrected chi connectivity index (χ1v) is 9.24. The van der Waals surface area contributed by atoms with E-state index in [1.165, 1.54) is 6.42 Å². The van der Waals surface area contributed by atoms with E-state index in [-0.39, 0.29) is 5.92 Å². The predicted octanol–water partition coefficient (Wildman–Crippen LogP) is 2.95. The lowest BCUT2D eigenvalue weighted by Crippen LogP contribution is -2.45. The lowest BCUT2D eigenvalue weighted by molar-refractivity contribution is -0.177. The summed E-state index contributed by atoms with van der Waals surface area (Å²) in [7, 11) is 2.09. The second kappa shape index (κ2) is 7.66. The van der Waals surface area contributed by atoms with Crippen molar-refractivity contribution in [2.24, 2.45) is 11.8 Å². The fraction of sp³-hybridized carbons (Fsp3) is 0.650. The predicted molar refractivity (Wildman–Crippen MR) is 93.5 cm³/mol. The number of nitrogens with zero attached hydrogens (tertiary/aromatic N) is 1. The van der Waals surface area contributed by atoms with Crippen LogP contribution in [0.3, 0.4) is 0 Å². The Morgan fingerprint density at radius 2 is 1.92 bits per heavy atom. The molecule has 2 unspecified atom stereocenters. The van der Waals surface area contributed by atoms with Crippen LogP contribution >= 0.6 is 0 Å². The van der Waals surface area contributed by atoms with Crippen molar-refractivity contribution in [3.8, 4) is 0 Å². The van der Waals surface area contributed by atoms with E-state index in [1.54, 1.807) is 0 Å². The van der Waals surface area contributed by atoms with Gasteiger partial charge in [0.15, 0.2) is 5.60 Å². The van der Waals surface area contributed by atoms with Crippen molar-refractivity contribution in [3.05, 3.63) is 35.9 Å². The van der Waals surface area contributed by atoms with Crippen LogP contribution in [-0.2, 0) is 15.1 Å². The fourth-order valence-corrected chi connectivity index (χ4v) is 4.20. The molecule has 1 aromatic carbocycles. The highest BCUT2D eigenvalue weighted by molar-refractivity contribution is 5.81.